The van der Waals surface area contributed by atoms with Gasteiger partial charge in [-0.05, 0) is 38.0 Å². The molecule has 16 heavy (non-hydrogen) atoms. The summed E-state index contributed by atoms with van der Waals surface area (Å²) in [5.74, 6) is 1.22. The van der Waals surface area contributed by atoms with Gasteiger partial charge in [0, 0.05) is 24.7 Å². The lowest BCUT2D eigenvalue weighted by Gasteiger charge is -2.26. The van der Waals surface area contributed by atoms with Crippen LogP contribution in [0.4, 0.5) is 0 Å². The van der Waals surface area contributed by atoms with Crippen LogP contribution in [0.3, 0.4) is 0 Å². The van der Waals surface area contributed by atoms with E-state index in [0.717, 1.165) is 13.1 Å². The van der Waals surface area contributed by atoms with Gasteiger partial charge in [0.1, 0.15) is 0 Å². The van der Waals surface area contributed by atoms with Gasteiger partial charge in [-0.25, -0.2) is 0 Å². The third-order valence-corrected chi connectivity index (χ3v) is 3.49. The summed E-state index contributed by atoms with van der Waals surface area (Å²) < 4.78 is 5.07. The lowest BCUT2D eigenvalue weighted by molar-refractivity contribution is 0.226. The van der Waals surface area contributed by atoms with Crippen LogP contribution in [0, 0.1) is 0 Å². The van der Waals surface area contributed by atoms with E-state index in [1.54, 1.807) is 12.5 Å². The second kappa shape index (κ2) is 7.76. The lowest BCUT2D eigenvalue weighted by atomic mass is 10.1. The molecule has 0 radical (unpaired) electrons. The molecule has 1 aromatic heterocycles. The van der Waals surface area contributed by atoms with E-state index in [1.807, 2.05) is 17.8 Å². The summed E-state index contributed by atoms with van der Waals surface area (Å²) in [5, 5.41) is 0. The number of thioether (sulfide) groups is 1. The van der Waals surface area contributed by atoms with Gasteiger partial charge in [0.15, 0.2) is 0 Å². The molecule has 0 aliphatic heterocycles. The molecule has 1 atom stereocenters. The van der Waals surface area contributed by atoms with Crippen LogP contribution in [0.1, 0.15) is 18.4 Å². The van der Waals surface area contributed by atoms with E-state index in [4.69, 9.17) is 10.2 Å². The molecule has 0 amide bonds. The molecule has 1 aromatic rings. The fraction of sp³-hybridized carbons (Fsp3) is 0.667. The average Bonchev–Trinajstić information content (AvgIpc) is 2.77. The number of likely N-dealkylation sites (N-methyl/N-ethyl adjacent to an activating group) is 1. The van der Waals surface area contributed by atoms with Crippen molar-refractivity contribution in [3.63, 3.8) is 0 Å². The van der Waals surface area contributed by atoms with E-state index in [-0.39, 0.29) is 0 Å². The highest BCUT2D eigenvalue weighted by atomic mass is 32.2. The molecule has 1 rings (SSSR count). The van der Waals surface area contributed by atoms with E-state index in [2.05, 4.69) is 18.2 Å². The van der Waals surface area contributed by atoms with E-state index in [9.17, 15) is 0 Å². The lowest BCUT2D eigenvalue weighted by Crippen LogP contribution is -2.37. The third kappa shape index (κ3) is 4.60. The van der Waals surface area contributed by atoms with Crippen LogP contribution >= 0.6 is 11.8 Å². The maximum Gasteiger partial charge on any atom is 0.0947 e. The monoisotopic (exact) mass is 242 g/mol. The number of nitrogens with zero attached hydrogens (tertiary/aromatic N) is 1. The Balaban J connectivity index is 2.33. The topological polar surface area (TPSA) is 42.4 Å². The summed E-state index contributed by atoms with van der Waals surface area (Å²) in [6.45, 7) is 1.64. The fourth-order valence-electron chi connectivity index (χ4n) is 1.78. The highest BCUT2D eigenvalue weighted by molar-refractivity contribution is 7.98. The first-order valence-electron chi connectivity index (χ1n) is 5.68. The van der Waals surface area contributed by atoms with Gasteiger partial charge in [-0.2, -0.15) is 11.8 Å². The number of hydrogen-bond acceptors (Lipinski definition) is 4. The molecule has 2 N–H and O–H groups in total. The molecule has 0 saturated carbocycles. The van der Waals surface area contributed by atoms with E-state index in [1.165, 1.54) is 24.2 Å². The zero-order valence-corrected chi connectivity index (χ0v) is 11.0. The molecule has 92 valence electrons. The van der Waals surface area contributed by atoms with Gasteiger partial charge in [0.25, 0.3) is 0 Å². The van der Waals surface area contributed by atoms with Crippen molar-refractivity contribution in [3.8, 4) is 0 Å². The van der Waals surface area contributed by atoms with Gasteiger partial charge in [-0.1, -0.05) is 0 Å². The summed E-state index contributed by atoms with van der Waals surface area (Å²) in [5.41, 5.74) is 7.03. The zero-order chi connectivity index (χ0) is 11.8. The summed E-state index contributed by atoms with van der Waals surface area (Å²) in [6, 6.07) is 2.48. The van der Waals surface area contributed by atoms with Crippen molar-refractivity contribution < 1.29 is 4.42 Å². The smallest absolute Gasteiger partial charge is 0.0947 e. The molecule has 0 aromatic carbocycles. The average molecular weight is 242 g/mol. The highest BCUT2D eigenvalue weighted by Gasteiger charge is 2.13. The summed E-state index contributed by atoms with van der Waals surface area (Å²) >= 11 is 1.90. The molecule has 0 saturated heterocycles. The Morgan fingerprint density at radius 1 is 1.56 bits per heavy atom. The minimum Gasteiger partial charge on any atom is -0.472 e. The fourth-order valence-corrected chi connectivity index (χ4v) is 2.24. The number of nitrogens with two attached hydrogens (primary N) is 1. The summed E-state index contributed by atoms with van der Waals surface area (Å²) in [4.78, 5) is 2.31. The maximum atomic E-state index is 5.81. The van der Waals surface area contributed by atoms with Gasteiger partial charge in [0.2, 0.25) is 0 Å². The number of hydrogen-bond donors (Lipinski definition) is 1. The quantitative estimate of drug-likeness (QED) is 0.710. The van der Waals surface area contributed by atoms with Gasteiger partial charge in [0.05, 0.1) is 12.5 Å². The van der Waals surface area contributed by atoms with Gasteiger partial charge >= 0.3 is 0 Å². The van der Waals surface area contributed by atoms with Crippen LogP contribution < -0.4 is 5.73 Å². The molecule has 3 nitrogen and oxygen atoms in total. The first kappa shape index (κ1) is 13.6. The van der Waals surface area contributed by atoms with Gasteiger partial charge in [-0.15, -0.1) is 0 Å². The Morgan fingerprint density at radius 3 is 2.94 bits per heavy atom. The molecule has 0 aliphatic rings. The number of rotatable bonds is 8. The Hall–Kier alpha value is -0.450. The number of furan rings is 1. The second-order valence-electron chi connectivity index (χ2n) is 4.07. The van der Waals surface area contributed by atoms with Gasteiger partial charge < -0.3 is 10.2 Å². The van der Waals surface area contributed by atoms with Crippen LogP contribution in [-0.2, 0) is 6.54 Å². The van der Waals surface area contributed by atoms with Crippen LogP contribution in [0.2, 0.25) is 0 Å². The second-order valence-corrected chi connectivity index (χ2v) is 5.06. The molecule has 1 unspecified atom stereocenters. The minimum atomic E-state index is 0.474. The summed E-state index contributed by atoms with van der Waals surface area (Å²) in [6.07, 6.45) is 8.07. The normalized spacial score (nSPS) is 13.2. The van der Waals surface area contributed by atoms with Crippen LogP contribution in [0.15, 0.2) is 23.0 Å². The van der Waals surface area contributed by atoms with Crippen molar-refractivity contribution in [2.75, 3.05) is 25.6 Å². The Kier molecular flexibility index (Phi) is 6.61. The van der Waals surface area contributed by atoms with Crippen molar-refractivity contribution in [2.24, 2.45) is 5.73 Å². The highest BCUT2D eigenvalue weighted by Crippen LogP contribution is 2.11. The minimum absolute atomic E-state index is 0.474. The molecule has 1 heterocycles. The van der Waals surface area contributed by atoms with Crippen LogP contribution in [0.5, 0.6) is 0 Å². The van der Waals surface area contributed by atoms with E-state index in [0.29, 0.717) is 6.04 Å². The van der Waals surface area contributed by atoms with E-state index < -0.39 is 0 Å². The molecular weight excluding hydrogens is 220 g/mol. The first-order chi connectivity index (χ1) is 7.77. The maximum absolute atomic E-state index is 5.81. The van der Waals surface area contributed by atoms with Crippen molar-refractivity contribution in [1.82, 2.24) is 4.90 Å². The molecule has 0 aliphatic carbocycles. The van der Waals surface area contributed by atoms with Crippen molar-refractivity contribution in [2.45, 2.75) is 25.4 Å². The Morgan fingerprint density at radius 2 is 2.38 bits per heavy atom. The first-order valence-corrected chi connectivity index (χ1v) is 7.07. The Bertz CT molecular complexity index is 264. The van der Waals surface area contributed by atoms with E-state index >= 15 is 0 Å². The molecule has 0 fully saturated rings. The van der Waals surface area contributed by atoms with Crippen LogP contribution in [0.25, 0.3) is 0 Å². The van der Waals surface area contributed by atoms with Crippen molar-refractivity contribution in [3.05, 3.63) is 24.2 Å². The predicted molar refractivity (Wildman–Crippen MR) is 70.6 cm³/mol. The van der Waals surface area contributed by atoms with Crippen LogP contribution in [-0.4, -0.2) is 36.5 Å². The standard InChI is InChI=1S/C12H22N2OS/c1-14(9-11-5-6-15-10-11)12(8-13)4-3-7-16-2/h5-6,10,12H,3-4,7-9,13H2,1-2H3. The van der Waals surface area contributed by atoms with Gasteiger partial charge in [-0.3, -0.25) is 4.90 Å². The third-order valence-electron chi connectivity index (χ3n) is 2.79. The molecule has 0 bridgehead atoms. The zero-order valence-electron chi connectivity index (χ0n) is 10.2. The molecule has 4 heteroatoms. The summed E-state index contributed by atoms with van der Waals surface area (Å²) in [7, 11) is 2.13. The Labute approximate surface area is 102 Å². The molecular formula is C12H22N2OS. The molecule has 0 spiro atoms. The van der Waals surface area contributed by atoms with Crippen molar-refractivity contribution >= 4 is 11.8 Å². The SMILES string of the molecule is CSCCCC(CN)N(C)Cc1ccoc1. The predicted octanol–water partition coefficient (Wildman–Crippen LogP) is 2.18. The van der Waals surface area contributed by atoms with Crippen molar-refractivity contribution in [1.29, 1.82) is 0 Å². The largest absolute Gasteiger partial charge is 0.472 e.